The molecule has 0 atom stereocenters. The summed E-state index contributed by atoms with van der Waals surface area (Å²) in [5.74, 6) is -0.613. The molecule has 0 unspecified atom stereocenters. The molecule has 0 N–H and O–H groups in total. The van der Waals surface area contributed by atoms with Gasteiger partial charge in [0.05, 0.1) is 5.69 Å². The summed E-state index contributed by atoms with van der Waals surface area (Å²) >= 11 is 0. The van der Waals surface area contributed by atoms with Crippen LogP contribution in [-0.2, 0) is 4.79 Å². The molecule has 0 aliphatic carbocycles. The molecule has 1 aromatic carbocycles. The molecular formula is C8H4F4NO2. The number of alkyl halides is 3. The highest BCUT2D eigenvalue weighted by molar-refractivity contribution is 5.72. The third-order valence-corrected chi connectivity index (χ3v) is 1.36. The molecule has 7 heteroatoms. The zero-order valence-corrected chi connectivity index (χ0v) is 7.08. The Morgan fingerprint density at radius 2 is 2.00 bits per heavy atom. The summed E-state index contributed by atoms with van der Waals surface area (Å²) in [6, 6.07) is 3.91. The molecule has 81 valence electrons. The molecule has 15 heavy (non-hydrogen) atoms. The van der Waals surface area contributed by atoms with E-state index in [2.05, 4.69) is 4.74 Å². The Morgan fingerprint density at radius 1 is 1.33 bits per heavy atom. The van der Waals surface area contributed by atoms with Gasteiger partial charge in [-0.05, 0) is 12.1 Å². The van der Waals surface area contributed by atoms with Gasteiger partial charge < -0.3 is 4.74 Å². The van der Waals surface area contributed by atoms with Crippen LogP contribution in [0.2, 0.25) is 0 Å². The Hall–Kier alpha value is -1.79. The van der Waals surface area contributed by atoms with Crippen molar-refractivity contribution in [3.63, 3.8) is 0 Å². The normalized spacial score (nSPS) is 10.9. The number of rotatable bonds is 3. The second-order valence-corrected chi connectivity index (χ2v) is 2.42. The Kier molecular flexibility index (Phi) is 3.13. The topological polar surface area (TPSA) is 29.5 Å². The molecule has 0 bridgehead atoms. The average molecular weight is 222 g/mol. The molecule has 0 saturated heterocycles. The minimum absolute atomic E-state index is 0.397. The summed E-state index contributed by atoms with van der Waals surface area (Å²) in [5.41, 5.74) is -0.397. The molecule has 1 rings (SSSR count). The standard InChI is InChI=1S/C8H4F4NO2/c9-8(10,11)15-7-3-1-2-6(4-7)13(12)5-14/h1-4H. The third kappa shape index (κ3) is 3.45. The van der Waals surface area contributed by atoms with Crippen molar-refractivity contribution < 1.29 is 27.2 Å². The fraction of sp³-hybridized carbons (Fsp3) is 0.125. The Balaban J connectivity index is 2.88. The first kappa shape index (κ1) is 11.3. The van der Waals surface area contributed by atoms with E-state index >= 15 is 0 Å². The van der Waals surface area contributed by atoms with Gasteiger partial charge >= 0.3 is 12.8 Å². The highest BCUT2D eigenvalue weighted by Gasteiger charge is 2.31. The van der Waals surface area contributed by atoms with Gasteiger partial charge in [-0.3, -0.25) is 4.79 Å². The van der Waals surface area contributed by atoms with E-state index < -0.39 is 22.9 Å². The van der Waals surface area contributed by atoms with Gasteiger partial charge in [0.25, 0.3) is 0 Å². The number of nitrogens with zero attached hydrogens (tertiary/aromatic N) is 1. The highest BCUT2D eigenvalue weighted by atomic mass is 19.4. The van der Waals surface area contributed by atoms with Crippen molar-refractivity contribution in [2.75, 3.05) is 5.12 Å². The Bertz CT molecular complexity index is 353. The molecule has 1 aromatic rings. The summed E-state index contributed by atoms with van der Waals surface area (Å²) in [5, 5.41) is -0.483. The monoisotopic (exact) mass is 222 g/mol. The number of ether oxygens (including phenoxy) is 1. The van der Waals surface area contributed by atoms with Crippen LogP contribution in [-0.4, -0.2) is 12.8 Å². The molecule has 0 aliphatic rings. The lowest BCUT2D eigenvalue weighted by Gasteiger charge is -2.10. The number of halogens is 4. The zero-order chi connectivity index (χ0) is 11.5. The van der Waals surface area contributed by atoms with Gasteiger partial charge in [-0.1, -0.05) is 10.5 Å². The molecule has 3 nitrogen and oxygen atoms in total. The quantitative estimate of drug-likeness (QED) is 0.446. The van der Waals surface area contributed by atoms with Crippen LogP contribution in [0.15, 0.2) is 24.3 Å². The summed E-state index contributed by atoms with van der Waals surface area (Å²) < 4.78 is 51.3. The maximum Gasteiger partial charge on any atom is 0.573 e. The van der Waals surface area contributed by atoms with E-state index in [-0.39, 0.29) is 0 Å². The average Bonchev–Trinajstić information content (AvgIpc) is 2.14. The number of benzene rings is 1. The van der Waals surface area contributed by atoms with Gasteiger partial charge in [0.2, 0.25) is 0 Å². The van der Waals surface area contributed by atoms with Crippen molar-refractivity contribution in [2.45, 2.75) is 6.36 Å². The molecule has 0 heterocycles. The van der Waals surface area contributed by atoms with E-state index in [0.717, 1.165) is 30.7 Å². The molecule has 0 aromatic heterocycles. The second-order valence-electron chi connectivity index (χ2n) is 2.42. The largest absolute Gasteiger partial charge is 0.573 e. The minimum Gasteiger partial charge on any atom is -0.406 e. The van der Waals surface area contributed by atoms with Crippen LogP contribution in [0.4, 0.5) is 23.3 Å². The first-order valence-electron chi connectivity index (χ1n) is 3.62. The van der Waals surface area contributed by atoms with Gasteiger partial charge in [0.15, 0.2) is 0 Å². The van der Waals surface area contributed by atoms with Crippen LogP contribution in [0.25, 0.3) is 0 Å². The first-order chi connectivity index (χ1) is 6.92. The lowest BCUT2D eigenvalue weighted by Crippen LogP contribution is -2.17. The second kappa shape index (κ2) is 4.16. The maximum absolute atomic E-state index is 12.6. The lowest BCUT2D eigenvalue weighted by atomic mass is 10.3. The number of anilines is 1. The fourth-order valence-electron chi connectivity index (χ4n) is 0.855. The lowest BCUT2D eigenvalue weighted by molar-refractivity contribution is -0.274. The number of carbonyl (C=O) groups excluding carboxylic acids is 1. The van der Waals surface area contributed by atoms with E-state index in [1.54, 1.807) is 0 Å². The summed E-state index contributed by atoms with van der Waals surface area (Å²) in [7, 11) is 0. The van der Waals surface area contributed by atoms with Gasteiger partial charge in [0, 0.05) is 6.07 Å². The summed E-state index contributed by atoms with van der Waals surface area (Å²) in [4.78, 5) is 9.86. The molecule has 0 saturated carbocycles. The summed E-state index contributed by atoms with van der Waals surface area (Å²) in [6.07, 6.45) is -4.01. The van der Waals surface area contributed by atoms with E-state index in [0.29, 0.717) is 0 Å². The number of amides is 1. The third-order valence-electron chi connectivity index (χ3n) is 1.36. The van der Waals surface area contributed by atoms with E-state index in [1.807, 2.05) is 0 Å². The van der Waals surface area contributed by atoms with Gasteiger partial charge in [0.1, 0.15) is 5.75 Å². The zero-order valence-electron chi connectivity index (χ0n) is 7.08. The van der Waals surface area contributed by atoms with Crippen molar-refractivity contribution in [2.24, 2.45) is 0 Å². The van der Waals surface area contributed by atoms with E-state index in [9.17, 15) is 22.4 Å². The minimum atomic E-state index is -4.86. The van der Waals surface area contributed by atoms with Crippen LogP contribution >= 0.6 is 0 Å². The van der Waals surface area contributed by atoms with Crippen molar-refractivity contribution in [1.82, 2.24) is 0 Å². The Morgan fingerprint density at radius 3 is 2.53 bits per heavy atom. The van der Waals surface area contributed by atoms with Crippen molar-refractivity contribution in [3.8, 4) is 5.75 Å². The predicted molar refractivity (Wildman–Crippen MR) is 42.4 cm³/mol. The van der Waals surface area contributed by atoms with Gasteiger partial charge in [-0.2, -0.15) is 0 Å². The van der Waals surface area contributed by atoms with Crippen LogP contribution < -0.4 is 9.86 Å². The first-order valence-corrected chi connectivity index (χ1v) is 3.62. The van der Waals surface area contributed by atoms with E-state index in [1.165, 1.54) is 0 Å². The fourth-order valence-corrected chi connectivity index (χ4v) is 0.855. The van der Waals surface area contributed by atoms with Crippen LogP contribution in [0, 0.1) is 0 Å². The molecule has 0 aliphatic heterocycles. The highest BCUT2D eigenvalue weighted by Crippen LogP contribution is 2.26. The smallest absolute Gasteiger partial charge is 0.406 e. The predicted octanol–water partition coefficient (Wildman–Crippen LogP) is 2.34. The molecular weight excluding hydrogens is 218 g/mol. The Labute approximate surface area is 81.8 Å². The molecule has 0 spiro atoms. The molecule has 0 fully saturated rings. The van der Waals surface area contributed by atoms with Crippen LogP contribution in [0.3, 0.4) is 0 Å². The van der Waals surface area contributed by atoms with Gasteiger partial charge in [-0.15, -0.1) is 18.3 Å². The van der Waals surface area contributed by atoms with Gasteiger partial charge in [-0.25, -0.2) is 0 Å². The molecule has 1 radical (unpaired) electrons. The number of hydrogen-bond acceptors (Lipinski definition) is 2. The number of hydrogen-bond donors (Lipinski definition) is 0. The van der Waals surface area contributed by atoms with Crippen molar-refractivity contribution in [3.05, 3.63) is 24.3 Å². The van der Waals surface area contributed by atoms with Crippen LogP contribution in [0.5, 0.6) is 5.75 Å². The summed E-state index contributed by atoms with van der Waals surface area (Å²) in [6.45, 7) is 0. The van der Waals surface area contributed by atoms with E-state index in [4.69, 9.17) is 0 Å². The van der Waals surface area contributed by atoms with Crippen molar-refractivity contribution in [1.29, 1.82) is 0 Å². The molecule has 1 amide bonds. The van der Waals surface area contributed by atoms with Crippen LogP contribution in [0.1, 0.15) is 0 Å². The SMILES string of the molecule is O=[C]N(F)c1cccc(OC(F)(F)F)c1. The van der Waals surface area contributed by atoms with Crippen molar-refractivity contribution >= 4 is 12.1 Å². The maximum atomic E-state index is 12.6.